The Balaban J connectivity index is 1.36. The number of methoxy groups -OCH3 is 1. The second kappa shape index (κ2) is 10.2. The number of carbonyl (C=O) groups is 1. The lowest BCUT2D eigenvalue weighted by atomic mass is 10.1. The smallest absolute Gasteiger partial charge is 0.270 e. The predicted molar refractivity (Wildman–Crippen MR) is 134 cm³/mol. The molecule has 1 amide bonds. The molecule has 4 heterocycles. The van der Waals surface area contributed by atoms with E-state index in [-0.39, 0.29) is 5.91 Å². The molecule has 0 unspecified atom stereocenters. The van der Waals surface area contributed by atoms with Crippen LogP contribution in [0, 0.1) is 6.92 Å². The summed E-state index contributed by atoms with van der Waals surface area (Å²) in [5, 5.41) is 3.27. The average Bonchev–Trinajstić information content (AvgIpc) is 3.48. The molecule has 186 valence electrons. The number of guanidine groups is 1. The van der Waals surface area contributed by atoms with Gasteiger partial charge in [0.05, 0.1) is 39.2 Å². The third-order valence-corrected chi connectivity index (χ3v) is 7.06. The number of hydrogen-bond acceptors (Lipinski definition) is 11. The maximum Gasteiger partial charge on any atom is 0.270 e. The van der Waals surface area contributed by atoms with Crippen molar-refractivity contribution >= 4 is 39.9 Å². The number of amides is 1. The zero-order valence-electron chi connectivity index (χ0n) is 19.9. The molecule has 3 aliphatic heterocycles. The first-order chi connectivity index (χ1) is 17.0. The molecule has 0 spiro atoms. The molecule has 3 N–H and O–H groups in total. The number of amidine groups is 1. The van der Waals surface area contributed by atoms with Gasteiger partial charge in [0.25, 0.3) is 5.91 Å². The predicted octanol–water partition coefficient (Wildman–Crippen LogP) is 1.64. The van der Waals surface area contributed by atoms with Crippen LogP contribution >= 0.6 is 11.3 Å². The van der Waals surface area contributed by atoms with Gasteiger partial charge in [-0.05, 0) is 25.5 Å². The molecular formula is C23H29N7O4S. The summed E-state index contributed by atoms with van der Waals surface area (Å²) in [5.41, 5.74) is 7.79. The first kappa shape index (κ1) is 23.5. The molecule has 5 rings (SSSR count). The van der Waals surface area contributed by atoms with Gasteiger partial charge >= 0.3 is 0 Å². The Morgan fingerprint density at radius 2 is 2.11 bits per heavy atom. The Bertz CT molecular complexity index is 1170. The number of fused-ring (bicyclic) bond motifs is 3. The van der Waals surface area contributed by atoms with Crippen molar-refractivity contribution in [2.45, 2.75) is 13.3 Å². The zero-order valence-corrected chi connectivity index (χ0v) is 20.7. The molecule has 0 bridgehead atoms. The van der Waals surface area contributed by atoms with E-state index in [0.717, 1.165) is 62.0 Å². The van der Waals surface area contributed by atoms with E-state index in [2.05, 4.69) is 20.2 Å². The van der Waals surface area contributed by atoms with Crippen LogP contribution < -0.4 is 20.5 Å². The Kier molecular flexibility index (Phi) is 6.84. The third-order valence-electron chi connectivity index (χ3n) is 6.08. The summed E-state index contributed by atoms with van der Waals surface area (Å²) < 4.78 is 17.2. The van der Waals surface area contributed by atoms with Gasteiger partial charge in [-0.25, -0.2) is 9.98 Å². The molecule has 12 heteroatoms. The quantitative estimate of drug-likeness (QED) is 0.551. The van der Waals surface area contributed by atoms with Gasteiger partial charge < -0.3 is 19.9 Å². The summed E-state index contributed by atoms with van der Waals surface area (Å²) in [6.45, 7) is 7.99. The van der Waals surface area contributed by atoms with Crippen molar-refractivity contribution in [1.29, 1.82) is 0 Å². The molecule has 0 radical (unpaired) electrons. The minimum Gasteiger partial charge on any atom is -0.491 e. The molecule has 35 heavy (non-hydrogen) atoms. The number of nitrogen functional groups attached to an aromatic ring is 1. The highest BCUT2D eigenvalue weighted by Gasteiger charge is 2.33. The normalized spacial score (nSPS) is 17.4. The second-order valence-electron chi connectivity index (χ2n) is 8.36. The number of aromatic nitrogens is 1. The van der Waals surface area contributed by atoms with Crippen LogP contribution in [0.2, 0.25) is 0 Å². The summed E-state index contributed by atoms with van der Waals surface area (Å²) in [6.07, 6.45) is 0.891. The SMILES string of the molecule is COc1c(OCCCN2CCOCC2)ccc2c1N=C(NC(=O)c1sc(N)nc1C)N1CCN=C21. The number of aliphatic imine (C=N–C) groups is 2. The number of nitrogens with two attached hydrogens (primary N) is 1. The van der Waals surface area contributed by atoms with Crippen molar-refractivity contribution in [2.75, 3.05) is 65.4 Å². The highest BCUT2D eigenvalue weighted by atomic mass is 32.1. The van der Waals surface area contributed by atoms with Crippen molar-refractivity contribution < 1.29 is 19.0 Å². The van der Waals surface area contributed by atoms with Crippen molar-refractivity contribution in [3.8, 4) is 11.5 Å². The molecular weight excluding hydrogens is 470 g/mol. The van der Waals surface area contributed by atoms with Gasteiger partial charge in [0.1, 0.15) is 16.4 Å². The zero-order chi connectivity index (χ0) is 24.4. The number of ether oxygens (including phenoxy) is 3. The molecule has 11 nitrogen and oxygen atoms in total. The standard InChI is InChI=1S/C23H29N7O4S/c1-14-19(35-22(24)26-14)21(31)28-23-27-17-15(20-25-6-8-30(20)23)4-5-16(18(17)32-2)34-11-3-7-29-9-12-33-13-10-29/h4-5H,3,6-13H2,1-2H3,(H2,24,26)(H,27,28,31). The van der Waals surface area contributed by atoms with Crippen LogP contribution in [0.15, 0.2) is 22.1 Å². The van der Waals surface area contributed by atoms with E-state index in [4.69, 9.17) is 24.9 Å². The first-order valence-corrected chi connectivity index (χ1v) is 12.5. The monoisotopic (exact) mass is 499 g/mol. The number of carbonyl (C=O) groups excluding carboxylic acids is 1. The Morgan fingerprint density at radius 1 is 1.29 bits per heavy atom. The molecule has 1 fully saturated rings. The van der Waals surface area contributed by atoms with E-state index < -0.39 is 0 Å². The maximum absolute atomic E-state index is 13.0. The highest BCUT2D eigenvalue weighted by Crippen LogP contribution is 2.43. The van der Waals surface area contributed by atoms with Crippen LogP contribution in [0.3, 0.4) is 0 Å². The molecule has 0 atom stereocenters. The van der Waals surface area contributed by atoms with Gasteiger partial charge in [0, 0.05) is 31.7 Å². The van der Waals surface area contributed by atoms with Crippen molar-refractivity contribution in [1.82, 2.24) is 20.1 Å². The first-order valence-electron chi connectivity index (χ1n) is 11.6. The number of anilines is 1. The Morgan fingerprint density at radius 3 is 2.86 bits per heavy atom. The lowest BCUT2D eigenvalue weighted by molar-refractivity contribution is 0.0357. The fraction of sp³-hybridized carbons (Fsp3) is 0.478. The number of rotatable bonds is 7. The summed E-state index contributed by atoms with van der Waals surface area (Å²) in [7, 11) is 1.59. The van der Waals surface area contributed by atoms with E-state index in [1.165, 1.54) is 0 Å². The second-order valence-corrected chi connectivity index (χ2v) is 9.39. The summed E-state index contributed by atoms with van der Waals surface area (Å²) >= 11 is 1.15. The molecule has 1 aromatic heterocycles. The minimum absolute atomic E-state index is 0.306. The van der Waals surface area contributed by atoms with Crippen LogP contribution in [0.1, 0.15) is 27.3 Å². The summed E-state index contributed by atoms with van der Waals surface area (Å²) in [4.78, 5) is 31.3. The topological polar surface area (TPSA) is 127 Å². The molecule has 3 aliphatic rings. The van der Waals surface area contributed by atoms with E-state index in [1.807, 2.05) is 17.0 Å². The number of aryl methyl sites for hydroxylation is 1. The largest absolute Gasteiger partial charge is 0.491 e. The molecule has 2 aromatic rings. The number of morpholine rings is 1. The van der Waals surface area contributed by atoms with Crippen LogP contribution in [0.25, 0.3) is 0 Å². The number of nitrogens with zero attached hydrogens (tertiary/aromatic N) is 5. The lowest BCUT2D eigenvalue weighted by Crippen LogP contribution is -2.47. The maximum atomic E-state index is 13.0. The van der Waals surface area contributed by atoms with E-state index in [0.29, 0.717) is 58.5 Å². The van der Waals surface area contributed by atoms with Crippen molar-refractivity contribution in [3.63, 3.8) is 0 Å². The van der Waals surface area contributed by atoms with Crippen molar-refractivity contribution in [2.24, 2.45) is 9.98 Å². The fourth-order valence-electron chi connectivity index (χ4n) is 4.38. The Hall–Kier alpha value is -3.22. The number of nitrogens with one attached hydrogen (secondary N) is 1. The molecule has 0 saturated carbocycles. The lowest BCUT2D eigenvalue weighted by Gasteiger charge is -2.28. The number of hydrogen-bond donors (Lipinski definition) is 2. The van der Waals surface area contributed by atoms with Crippen LogP contribution in [-0.2, 0) is 4.74 Å². The summed E-state index contributed by atoms with van der Waals surface area (Å²) in [6, 6.07) is 3.84. The fourth-order valence-corrected chi connectivity index (χ4v) is 5.11. The third kappa shape index (κ3) is 4.81. The van der Waals surface area contributed by atoms with Crippen LogP contribution in [0.4, 0.5) is 10.8 Å². The van der Waals surface area contributed by atoms with Crippen LogP contribution in [0.5, 0.6) is 11.5 Å². The Labute approximate surface area is 207 Å². The van der Waals surface area contributed by atoms with Crippen molar-refractivity contribution in [3.05, 3.63) is 28.3 Å². The number of benzene rings is 1. The highest BCUT2D eigenvalue weighted by molar-refractivity contribution is 7.17. The average molecular weight is 500 g/mol. The summed E-state index contributed by atoms with van der Waals surface area (Å²) in [5.74, 6) is 1.98. The van der Waals surface area contributed by atoms with Gasteiger partial charge in [0.2, 0.25) is 5.96 Å². The number of thiazole rings is 1. The van der Waals surface area contributed by atoms with Crippen LogP contribution in [-0.4, -0.2) is 92.1 Å². The molecule has 1 saturated heterocycles. The van der Waals surface area contributed by atoms with E-state index in [1.54, 1.807) is 14.0 Å². The van der Waals surface area contributed by atoms with Gasteiger partial charge in [-0.3, -0.25) is 24.9 Å². The van der Waals surface area contributed by atoms with Gasteiger partial charge in [-0.1, -0.05) is 11.3 Å². The minimum atomic E-state index is -0.306. The van der Waals surface area contributed by atoms with Gasteiger partial charge in [0.15, 0.2) is 16.6 Å². The molecule has 1 aromatic carbocycles. The van der Waals surface area contributed by atoms with Gasteiger partial charge in [-0.2, -0.15) is 0 Å². The van der Waals surface area contributed by atoms with Gasteiger partial charge in [-0.15, -0.1) is 0 Å². The van der Waals surface area contributed by atoms with E-state index in [9.17, 15) is 4.79 Å². The molecule has 0 aliphatic carbocycles. The van der Waals surface area contributed by atoms with E-state index >= 15 is 0 Å².